The van der Waals surface area contributed by atoms with Crippen LogP contribution in [0.2, 0.25) is 10.0 Å². The molecule has 90 valence electrons. The molecule has 1 aromatic rings. The van der Waals surface area contributed by atoms with Gasteiger partial charge in [0.25, 0.3) is 0 Å². The molecule has 1 atom stereocenters. The predicted octanol–water partition coefficient (Wildman–Crippen LogP) is 4.03. The monoisotopic (exact) mass is 261 g/mol. The topological polar surface area (TPSA) is 21.3 Å². The number of benzene rings is 1. The van der Waals surface area contributed by atoms with Crippen LogP contribution in [0.1, 0.15) is 31.2 Å². The van der Waals surface area contributed by atoms with Gasteiger partial charge in [-0.2, -0.15) is 0 Å². The van der Waals surface area contributed by atoms with Crippen molar-refractivity contribution in [3.8, 4) is 0 Å². The fourth-order valence-corrected chi connectivity index (χ4v) is 2.30. The maximum atomic E-state index is 6.19. The highest BCUT2D eigenvalue weighted by molar-refractivity contribution is 6.35. The average Bonchev–Trinajstić information content (AvgIpc) is 2.25. The highest BCUT2D eigenvalue weighted by Crippen LogP contribution is 2.29. The van der Waals surface area contributed by atoms with Gasteiger partial charge >= 0.3 is 0 Å². The van der Waals surface area contributed by atoms with E-state index in [9.17, 15) is 0 Å². The SMILES string of the molecule is CCCC(CNOC)c1ccc(Cl)cc1Cl. The van der Waals surface area contributed by atoms with Crippen molar-refractivity contribution in [2.45, 2.75) is 25.7 Å². The number of halogens is 2. The molecule has 0 fully saturated rings. The van der Waals surface area contributed by atoms with E-state index in [2.05, 4.69) is 12.4 Å². The number of hydrogen-bond acceptors (Lipinski definition) is 2. The van der Waals surface area contributed by atoms with Crippen LogP contribution in [0.15, 0.2) is 18.2 Å². The Morgan fingerprint density at radius 3 is 2.69 bits per heavy atom. The van der Waals surface area contributed by atoms with Gasteiger partial charge in [0, 0.05) is 22.5 Å². The summed E-state index contributed by atoms with van der Waals surface area (Å²) >= 11 is 12.1. The van der Waals surface area contributed by atoms with Crippen molar-refractivity contribution < 1.29 is 4.84 Å². The van der Waals surface area contributed by atoms with E-state index in [1.165, 1.54) is 0 Å². The second-order valence-corrected chi connectivity index (χ2v) is 4.55. The van der Waals surface area contributed by atoms with Crippen LogP contribution in [-0.4, -0.2) is 13.7 Å². The van der Waals surface area contributed by atoms with Crippen LogP contribution in [0.4, 0.5) is 0 Å². The minimum atomic E-state index is 0.356. The Kier molecular flexibility index (Phi) is 6.14. The number of hydrogen-bond donors (Lipinski definition) is 1. The molecule has 1 rings (SSSR count). The third-order valence-electron chi connectivity index (χ3n) is 2.51. The van der Waals surface area contributed by atoms with Crippen molar-refractivity contribution in [1.82, 2.24) is 5.48 Å². The Morgan fingerprint density at radius 1 is 1.38 bits per heavy atom. The first kappa shape index (κ1) is 13.8. The van der Waals surface area contributed by atoms with Gasteiger partial charge in [-0.1, -0.05) is 42.6 Å². The fraction of sp³-hybridized carbons (Fsp3) is 0.500. The molecule has 0 bridgehead atoms. The molecule has 0 amide bonds. The summed E-state index contributed by atoms with van der Waals surface area (Å²) in [7, 11) is 1.62. The molecular formula is C12H17Cl2NO. The summed E-state index contributed by atoms with van der Waals surface area (Å²) in [6, 6.07) is 5.65. The number of hydroxylamine groups is 1. The van der Waals surface area contributed by atoms with Gasteiger partial charge in [-0.15, -0.1) is 0 Å². The van der Waals surface area contributed by atoms with Gasteiger partial charge in [-0.25, -0.2) is 5.48 Å². The second-order valence-electron chi connectivity index (χ2n) is 3.70. The lowest BCUT2D eigenvalue weighted by Gasteiger charge is -2.18. The average molecular weight is 262 g/mol. The van der Waals surface area contributed by atoms with E-state index < -0.39 is 0 Å². The quantitative estimate of drug-likeness (QED) is 0.781. The fourth-order valence-electron chi connectivity index (χ4n) is 1.73. The zero-order chi connectivity index (χ0) is 12.0. The molecule has 2 nitrogen and oxygen atoms in total. The van der Waals surface area contributed by atoms with Crippen LogP contribution in [0.3, 0.4) is 0 Å². The van der Waals surface area contributed by atoms with E-state index in [0.717, 1.165) is 30.0 Å². The Hall–Kier alpha value is -0.280. The van der Waals surface area contributed by atoms with Crippen molar-refractivity contribution in [3.05, 3.63) is 33.8 Å². The molecular weight excluding hydrogens is 245 g/mol. The van der Waals surface area contributed by atoms with Crippen LogP contribution in [0.5, 0.6) is 0 Å². The van der Waals surface area contributed by atoms with Crippen LogP contribution < -0.4 is 5.48 Å². The molecule has 1 aromatic carbocycles. The largest absolute Gasteiger partial charge is 0.305 e. The molecule has 0 aliphatic carbocycles. The first-order valence-corrected chi connectivity index (χ1v) is 6.15. The van der Waals surface area contributed by atoms with Gasteiger partial charge in [-0.05, 0) is 24.1 Å². The molecule has 0 radical (unpaired) electrons. The van der Waals surface area contributed by atoms with Gasteiger partial charge in [0.15, 0.2) is 0 Å². The Morgan fingerprint density at radius 2 is 2.12 bits per heavy atom. The summed E-state index contributed by atoms with van der Waals surface area (Å²) in [6.07, 6.45) is 2.17. The normalized spacial score (nSPS) is 12.8. The van der Waals surface area contributed by atoms with Gasteiger partial charge in [0.2, 0.25) is 0 Å². The second kappa shape index (κ2) is 7.13. The summed E-state index contributed by atoms with van der Waals surface area (Å²) in [5.74, 6) is 0.356. The first-order chi connectivity index (χ1) is 7.69. The van der Waals surface area contributed by atoms with Crippen molar-refractivity contribution in [1.29, 1.82) is 0 Å². The molecule has 0 aromatic heterocycles. The summed E-state index contributed by atoms with van der Waals surface area (Å²) in [5.41, 5.74) is 4.00. The number of rotatable bonds is 6. The van der Waals surface area contributed by atoms with Crippen LogP contribution in [0, 0.1) is 0 Å². The van der Waals surface area contributed by atoms with Crippen molar-refractivity contribution in [3.63, 3.8) is 0 Å². The summed E-state index contributed by atoms with van der Waals surface area (Å²) in [6.45, 7) is 2.91. The summed E-state index contributed by atoms with van der Waals surface area (Å²) in [4.78, 5) is 4.88. The molecule has 0 saturated carbocycles. The van der Waals surface area contributed by atoms with E-state index in [1.807, 2.05) is 12.1 Å². The molecule has 1 unspecified atom stereocenters. The van der Waals surface area contributed by atoms with Crippen LogP contribution in [0.25, 0.3) is 0 Å². The molecule has 1 N–H and O–H groups in total. The van der Waals surface area contributed by atoms with E-state index >= 15 is 0 Å². The van der Waals surface area contributed by atoms with Crippen LogP contribution >= 0.6 is 23.2 Å². The van der Waals surface area contributed by atoms with Gasteiger partial charge in [0.05, 0.1) is 7.11 Å². The zero-order valence-corrected chi connectivity index (χ0v) is 11.1. The molecule has 0 aliphatic heterocycles. The standard InChI is InChI=1S/C12H17Cl2NO/c1-3-4-9(8-15-16-2)11-6-5-10(13)7-12(11)14/h5-7,9,15H,3-4,8H2,1-2H3. The molecule has 0 heterocycles. The highest BCUT2D eigenvalue weighted by atomic mass is 35.5. The van der Waals surface area contributed by atoms with Gasteiger partial charge in [-0.3, -0.25) is 0 Å². The predicted molar refractivity (Wildman–Crippen MR) is 69.1 cm³/mol. The Bertz CT molecular complexity index is 331. The first-order valence-electron chi connectivity index (χ1n) is 5.39. The lowest BCUT2D eigenvalue weighted by molar-refractivity contribution is 0.0862. The third kappa shape index (κ3) is 3.95. The van der Waals surface area contributed by atoms with Crippen molar-refractivity contribution >= 4 is 23.2 Å². The van der Waals surface area contributed by atoms with Crippen molar-refractivity contribution in [2.24, 2.45) is 0 Å². The van der Waals surface area contributed by atoms with Crippen molar-refractivity contribution in [2.75, 3.05) is 13.7 Å². The summed E-state index contributed by atoms with van der Waals surface area (Å²) in [5, 5.41) is 1.40. The summed E-state index contributed by atoms with van der Waals surface area (Å²) < 4.78 is 0. The molecule has 0 saturated heterocycles. The van der Waals surface area contributed by atoms with E-state index in [0.29, 0.717) is 10.9 Å². The van der Waals surface area contributed by atoms with E-state index in [1.54, 1.807) is 13.2 Å². The lowest BCUT2D eigenvalue weighted by atomic mass is 9.94. The Balaban J connectivity index is 2.82. The molecule has 0 spiro atoms. The van der Waals surface area contributed by atoms with Crippen LogP contribution in [-0.2, 0) is 4.84 Å². The molecule has 4 heteroatoms. The maximum Gasteiger partial charge on any atom is 0.0572 e. The lowest BCUT2D eigenvalue weighted by Crippen LogP contribution is -2.20. The maximum absolute atomic E-state index is 6.19. The third-order valence-corrected chi connectivity index (χ3v) is 3.08. The minimum Gasteiger partial charge on any atom is -0.305 e. The van der Waals surface area contributed by atoms with E-state index in [4.69, 9.17) is 28.0 Å². The smallest absolute Gasteiger partial charge is 0.0572 e. The highest BCUT2D eigenvalue weighted by Gasteiger charge is 2.14. The Labute approximate surface area is 107 Å². The minimum absolute atomic E-state index is 0.356. The van der Waals surface area contributed by atoms with E-state index in [-0.39, 0.29) is 0 Å². The van der Waals surface area contributed by atoms with Gasteiger partial charge in [0.1, 0.15) is 0 Å². The molecule has 0 aliphatic rings. The zero-order valence-electron chi connectivity index (χ0n) is 9.59. The van der Waals surface area contributed by atoms with Gasteiger partial charge < -0.3 is 4.84 Å². The molecule has 16 heavy (non-hydrogen) atoms. The number of nitrogens with one attached hydrogen (secondary N) is 1.